The van der Waals surface area contributed by atoms with E-state index in [-0.39, 0.29) is 0 Å². The third kappa shape index (κ3) is 5.77. The van der Waals surface area contributed by atoms with E-state index in [1.165, 1.54) is 32.1 Å². The number of carbonyl (C=O) groups excluding carboxylic acids is 1. The second kappa shape index (κ2) is 7.71. The SMILES string of the molecule is CC(Nc1ccccc1NC(=O)OC(C)(C)C)C1CCCCC1. The Labute approximate surface area is 140 Å². The minimum Gasteiger partial charge on any atom is -0.444 e. The molecule has 0 spiro atoms. The van der Waals surface area contributed by atoms with Gasteiger partial charge in [-0.3, -0.25) is 5.32 Å². The molecular formula is C19H30N2O2. The fourth-order valence-corrected chi connectivity index (χ4v) is 3.13. The lowest BCUT2D eigenvalue weighted by atomic mass is 9.84. The first kappa shape index (κ1) is 17.6. The number of ether oxygens (including phenoxy) is 1. The van der Waals surface area contributed by atoms with Crippen LogP contribution in [0.15, 0.2) is 24.3 Å². The predicted octanol–water partition coefficient (Wildman–Crippen LogP) is 5.41. The van der Waals surface area contributed by atoms with Gasteiger partial charge in [0.15, 0.2) is 0 Å². The van der Waals surface area contributed by atoms with Crippen molar-refractivity contribution in [3.05, 3.63) is 24.3 Å². The molecule has 1 aliphatic carbocycles. The Balaban J connectivity index is 2.00. The van der Waals surface area contributed by atoms with E-state index in [1.807, 2.05) is 45.0 Å². The van der Waals surface area contributed by atoms with E-state index in [2.05, 4.69) is 17.6 Å². The summed E-state index contributed by atoms with van der Waals surface area (Å²) in [4.78, 5) is 12.0. The molecule has 4 nitrogen and oxygen atoms in total. The first-order valence-corrected chi connectivity index (χ1v) is 8.71. The molecule has 128 valence electrons. The maximum absolute atomic E-state index is 12.0. The average molecular weight is 318 g/mol. The summed E-state index contributed by atoms with van der Waals surface area (Å²) >= 11 is 0. The Bertz CT molecular complexity index is 516. The number of hydrogen-bond donors (Lipinski definition) is 2. The van der Waals surface area contributed by atoms with Gasteiger partial charge in [-0.1, -0.05) is 31.4 Å². The van der Waals surface area contributed by atoms with Crippen molar-refractivity contribution in [1.29, 1.82) is 0 Å². The number of para-hydroxylation sites is 2. The van der Waals surface area contributed by atoms with Crippen molar-refractivity contribution in [1.82, 2.24) is 0 Å². The third-order valence-corrected chi connectivity index (χ3v) is 4.30. The molecule has 0 bridgehead atoms. The molecule has 0 heterocycles. The van der Waals surface area contributed by atoms with Gasteiger partial charge in [0.2, 0.25) is 0 Å². The highest BCUT2D eigenvalue weighted by Crippen LogP contribution is 2.30. The molecule has 0 aliphatic heterocycles. The van der Waals surface area contributed by atoms with Crippen molar-refractivity contribution in [2.75, 3.05) is 10.6 Å². The summed E-state index contributed by atoms with van der Waals surface area (Å²) < 4.78 is 5.34. The van der Waals surface area contributed by atoms with Crippen molar-refractivity contribution in [2.45, 2.75) is 71.4 Å². The number of carbonyl (C=O) groups is 1. The summed E-state index contributed by atoms with van der Waals surface area (Å²) in [5.41, 5.74) is 1.22. The molecule has 4 heteroatoms. The lowest BCUT2D eigenvalue weighted by Crippen LogP contribution is -2.29. The van der Waals surface area contributed by atoms with Gasteiger partial charge in [-0.15, -0.1) is 0 Å². The molecule has 1 aliphatic rings. The molecule has 1 aromatic rings. The van der Waals surface area contributed by atoms with Gasteiger partial charge in [-0.05, 0) is 58.6 Å². The Hall–Kier alpha value is -1.71. The molecule has 1 atom stereocenters. The zero-order valence-electron chi connectivity index (χ0n) is 14.8. The predicted molar refractivity (Wildman–Crippen MR) is 96.0 cm³/mol. The zero-order chi connectivity index (χ0) is 16.9. The van der Waals surface area contributed by atoms with Crippen LogP contribution in [-0.4, -0.2) is 17.7 Å². The number of amides is 1. The van der Waals surface area contributed by atoms with E-state index in [0.717, 1.165) is 11.4 Å². The molecule has 0 saturated heterocycles. The molecule has 0 aromatic heterocycles. The molecule has 2 N–H and O–H groups in total. The molecule has 1 fully saturated rings. The van der Waals surface area contributed by atoms with E-state index in [1.54, 1.807) is 0 Å². The van der Waals surface area contributed by atoms with Crippen LogP contribution in [0.2, 0.25) is 0 Å². The number of benzene rings is 1. The minimum atomic E-state index is -0.498. The molecule has 1 aromatic carbocycles. The average Bonchev–Trinajstić information content (AvgIpc) is 2.48. The van der Waals surface area contributed by atoms with Crippen molar-refractivity contribution < 1.29 is 9.53 Å². The van der Waals surface area contributed by atoms with Crippen molar-refractivity contribution in [3.8, 4) is 0 Å². The van der Waals surface area contributed by atoms with E-state index in [0.29, 0.717) is 12.0 Å². The van der Waals surface area contributed by atoms with Crippen LogP contribution in [0, 0.1) is 5.92 Å². The maximum Gasteiger partial charge on any atom is 0.412 e. The Morgan fingerprint density at radius 3 is 2.35 bits per heavy atom. The molecule has 23 heavy (non-hydrogen) atoms. The fraction of sp³-hybridized carbons (Fsp3) is 0.632. The smallest absolute Gasteiger partial charge is 0.412 e. The van der Waals surface area contributed by atoms with Crippen LogP contribution in [-0.2, 0) is 4.74 Å². The van der Waals surface area contributed by atoms with Gasteiger partial charge >= 0.3 is 6.09 Å². The van der Waals surface area contributed by atoms with Crippen molar-refractivity contribution >= 4 is 17.5 Å². The number of hydrogen-bond acceptors (Lipinski definition) is 3. The lowest BCUT2D eigenvalue weighted by molar-refractivity contribution is 0.0636. The van der Waals surface area contributed by atoms with E-state index in [9.17, 15) is 4.79 Å². The van der Waals surface area contributed by atoms with Crippen LogP contribution in [0.4, 0.5) is 16.2 Å². The zero-order valence-corrected chi connectivity index (χ0v) is 14.8. The number of rotatable bonds is 4. The van der Waals surface area contributed by atoms with Crippen molar-refractivity contribution in [3.63, 3.8) is 0 Å². The summed E-state index contributed by atoms with van der Waals surface area (Å²) in [5, 5.41) is 6.43. The second-order valence-corrected chi connectivity index (χ2v) is 7.50. The Morgan fingerprint density at radius 2 is 1.74 bits per heavy atom. The van der Waals surface area contributed by atoms with Crippen LogP contribution in [0.1, 0.15) is 59.8 Å². The molecule has 0 radical (unpaired) electrons. The van der Waals surface area contributed by atoms with E-state index >= 15 is 0 Å². The highest BCUT2D eigenvalue weighted by Gasteiger charge is 2.21. The van der Waals surface area contributed by atoms with Gasteiger partial charge in [0.1, 0.15) is 5.60 Å². The lowest BCUT2D eigenvalue weighted by Gasteiger charge is -2.29. The molecule has 1 unspecified atom stereocenters. The van der Waals surface area contributed by atoms with Crippen LogP contribution < -0.4 is 10.6 Å². The minimum absolute atomic E-state index is 0.400. The summed E-state index contributed by atoms with van der Waals surface area (Å²) in [6.45, 7) is 7.83. The topological polar surface area (TPSA) is 50.4 Å². The molecule has 2 rings (SSSR count). The summed E-state index contributed by atoms with van der Waals surface area (Å²) in [6, 6.07) is 8.21. The van der Waals surface area contributed by atoms with E-state index < -0.39 is 11.7 Å². The van der Waals surface area contributed by atoms with Crippen molar-refractivity contribution in [2.24, 2.45) is 5.92 Å². The summed E-state index contributed by atoms with van der Waals surface area (Å²) in [7, 11) is 0. The van der Waals surface area contributed by atoms with Crippen LogP contribution in [0.25, 0.3) is 0 Å². The summed E-state index contributed by atoms with van der Waals surface area (Å²) in [6.07, 6.45) is 6.17. The maximum atomic E-state index is 12.0. The number of anilines is 2. The van der Waals surface area contributed by atoms with Crippen LogP contribution >= 0.6 is 0 Å². The normalized spacial score (nSPS) is 17.4. The Morgan fingerprint density at radius 1 is 1.13 bits per heavy atom. The summed E-state index contributed by atoms with van der Waals surface area (Å²) in [5.74, 6) is 0.707. The van der Waals surface area contributed by atoms with E-state index in [4.69, 9.17) is 4.74 Å². The third-order valence-electron chi connectivity index (χ3n) is 4.30. The largest absolute Gasteiger partial charge is 0.444 e. The Kier molecular flexibility index (Phi) is 5.91. The van der Waals surface area contributed by atoms with Crippen LogP contribution in [0.5, 0.6) is 0 Å². The first-order chi connectivity index (χ1) is 10.8. The molecule has 1 amide bonds. The van der Waals surface area contributed by atoms with Gasteiger partial charge in [-0.2, -0.15) is 0 Å². The fourth-order valence-electron chi connectivity index (χ4n) is 3.13. The van der Waals surface area contributed by atoms with Gasteiger partial charge < -0.3 is 10.1 Å². The standard InChI is InChI=1S/C19H30N2O2/c1-14(15-10-6-5-7-11-15)20-16-12-8-9-13-17(16)21-18(22)23-19(2,3)4/h8-9,12-15,20H,5-7,10-11H2,1-4H3,(H,21,22). The van der Waals surface area contributed by atoms with Gasteiger partial charge in [0.25, 0.3) is 0 Å². The van der Waals surface area contributed by atoms with Gasteiger partial charge in [0, 0.05) is 6.04 Å². The monoisotopic (exact) mass is 318 g/mol. The van der Waals surface area contributed by atoms with Gasteiger partial charge in [-0.25, -0.2) is 4.79 Å². The second-order valence-electron chi connectivity index (χ2n) is 7.50. The highest BCUT2D eigenvalue weighted by molar-refractivity contribution is 5.89. The van der Waals surface area contributed by atoms with Crippen LogP contribution in [0.3, 0.4) is 0 Å². The number of nitrogens with one attached hydrogen (secondary N) is 2. The highest BCUT2D eigenvalue weighted by atomic mass is 16.6. The molecule has 1 saturated carbocycles. The van der Waals surface area contributed by atoms with Gasteiger partial charge in [0.05, 0.1) is 11.4 Å². The molecular weight excluding hydrogens is 288 g/mol. The first-order valence-electron chi connectivity index (χ1n) is 8.71. The quantitative estimate of drug-likeness (QED) is 0.780.